The summed E-state index contributed by atoms with van der Waals surface area (Å²) in [6.07, 6.45) is 2.33. The number of halogens is 2. The Bertz CT molecular complexity index is 1020. The minimum atomic E-state index is -3.15. The first-order valence-electron chi connectivity index (χ1n) is 9.07. The van der Waals surface area contributed by atoms with Crippen molar-refractivity contribution in [1.82, 2.24) is 0 Å². The Morgan fingerprint density at radius 2 is 1.62 bits per heavy atom. The molecular formula is C22H22Cl2SiZr. The summed E-state index contributed by atoms with van der Waals surface area (Å²) in [5.74, 6) is -1.05. The van der Waals surface area contributed by atoms with Gasteiger partial charge in [-0.2, -0.15) is 0 Å². The van der Waals surface area contributed by atoms with Crippen LogP contribution in [-0.2, 0) is 17.0 Å². The average molecular weight is 477 g/mol. The Balaban J connectivity index is 1.87. The number of allylic oxidation sites excluding steroid dienone is 1. The van der Waals surface area contributed by atoms with Gasteiger partial charge in [-0.25, -0.2) is 0 Å². The molecule has 4 heteroatoms. The molecule has 3 aromatic carbocycles. The van der Waals surface area contributed by atoms with Gasteiger partial charge in [0.2, 0.25) is 0 Å². The van der Waals surface area contributed by atoms with Crippen LogP contribution in [-0.4, -0.2) is 5.92 Å². The molecule has 0 saturated heterocycles. The molecule has 1 aliphatic rings. The Morgan fingerprint density at radius 1 is 0.885 bits per heavy atom. The van der Waals surface area contributed by atoms with Gasteiger partial charge in [-0.3, -0.25) is 0 Å². The van der Waals surface area contributed by atoms with Gasteiger partial charge in [-0.1, -0.05) is 0 Å². The maximum atomic E-state index is 7.07. The molecule has 0 bridgehead atoms. The van der Waals surface area contributed by atoms with Gasteiger partial charge in [0.1, 0.15) is 0 Å². The van der Waals surface area contributed by atoms with Crippen LogP contribution in [0.1, 0.15) is 21.7 Å². The van der Waals surface area contributed by atoms with Gasteiger partial charge in [0, 0.05) is 0 Å². The zero-order valence-electron chi connectivity index (χ0n) is 15.3. The van der Waals surface area contributed by atoms with Gasteiger partial charge < -0.3 is 0 Å². The molecule has 0 heterocycles. The Labute approximate surface area is 167 Å². The second-order valence-corrected chi connectivity index (χ2v) is 41.3. The van der Waals surface area contributed by atoms with E-state index in [0.717, 1.165) is 0 Å². The van der Waals surface area contributed by atoms with Crippen molar-refractivity contribution in [1.29, 1.82) is 0 Å². The number of fused-ring (bicyclic) bond motifs is 2. The average Bonchev–Trinajstić information content (AvgIpc) is 2.97. The van der Waals surface area contributed by atoms with E-state index in [4.69, 9.17) is 17.0 Å². The first-order valence-corrected chi connectivity index (χ1v) is 24.0. The summed E-state index contributed by atoms with van der Waals surface area (Å²) in [6, 6.07) is 21.9. The van der Waals surface area contributed by atoms with Gasteiger partial charge in [0.05, 0.1) is 0 Å². The molecule has 4 rings (SSSR count). The Morgan fingerprint density at radius 3 is 2.35 bits per heavy atom. The van der Waals surface area contributed by atoms with Gasteiger partial charge in [-0.05, 0) is 0 Å². The van der Waals surface area contributed by atoms with E-state index in [2.05, 4.69) is 86.8 Å². The molecule has 0 nitrogen and oxygen atoms in total. The molecule has 0 aromatic heterocycles. The van der Waals surface area contributed by atoms with E-state index >= 15 is 0 Å². The predicted molar refractivity (Wildman–Crippen MR) is 116 cm³/mol. The molecule has 1 atom stereocenters. The van der Waals surface area contributed by atoms with Crippen LogP contribution in [0.25, 0.3) is 28.0 Å². The van der Waals surface area contributed by atoms with E-state index in [1.807, 2.05) is 0 Å². The van der Waals surface area contributed by atoms with Crippen molar-refractivity contribution in [2.45, 2.75) is 23.6 Å². The van der Waals surface area contributed by atoms with Crippen LogP contribution >= 0.6 is 17.0 Å². The van der Waals surface area contributed by atoms with Crippen LogP contribution in [0.15, 0.2) is 66.2 Å². The summed E-state index contributed by atoms with van der Waals surface area (Å²) in [7, 11) is 14.1. The molecule has 1 unspecified atom stereocenters. The van der Waals surface area contributed by atoms with E-state index in [1.165, 1.54) is 38.6 Å². The summed E-state index contributed by atoms with van der Waals surface area (Å²) in [5.41, 5.74) is 6.58. The molecule has 0 radical (unpaired) electrons. The van der Waals surface area contributed by atoms with Crippen molar-refractivity contribution < 1.29 is 17.0 Å². The van der Waals surface area contributed by atoms with Crippen LogP contribution in [0, 0.1) is 0 Å². The van der Waals surface area contributed by atoms with Gasteiger partial charge >= 0.3 is 169 Å². The molecule has 0 amide bonds. The molecule has 0 fully saturated rings. The summed E-state index contributed by atoms with van der Waals surface area (Å²) in [5, 5.41) is 2.55. The van der Waals surface area contributed by atoms with Crippen molar-refractivity contribution in [3.63, 3.8) is 0 Å². The molecule has 132 valence electrons. The van der Waals surface area contributed by atoms with E-state index in [0.29, 0.717) is 3.63 Å². The minimum absolute atomic E-state index is 0.301. The van der Waals surface area contributed by atoms with Gasteiger partial charge in [0.25, 0.3) is 0 Å². The van der Waals surface area contributed by atoms with E-state index in [9.17, 15) is 0 Å². The summed E-state index contributed by atoms with van der Waals surface area (Å²) in [6.45, 7) is 6.84. The van der Waals surface area contributed by atoms with Crippen molar-refractivity contribution >= 4 is 39.8 Å². The Hall–Kier alpha value is -0.660. The monoisotopic (exact) mass is 474 g/mol. The molecule has 0 spiro atoms. The van der Waals surface area contributed by atoms with Crippen LogP contribution < -0.4 is 0 Å². The molecule has 0 saturated carbocycles. The molecule has 3 aromatic rings. The first kappa shape index (κ1) is 18.7. The van der Waals surface area contributed by atoms with Crippen LogP contribution in [0.3, 0.4) is 0 Å². The molecule has 26 heavy (non-hydrogen) atoms. The zero-order chi connectivity index (χ0) is 18.5. The quantitative estimate of drug-likeness (QED) is 0.345. The fourth-order valence-corrected chi connectivity index (χ4v) is 19.0. The number of hydrogen-bond donors (Lipinski definition) is 0. The normalized spacial score (nSPS) is 16.8. The molecular weight excluding hydrogens is 454 g/mol. The van der Waals surface area contributed by atoms with E-state index in [1.54, 1.807) is 0 Å². The first-order chi connectivity index (χ1) is 12.4. The SMILES string of the molecule is CC1=Cc2c(-c3ccc4ccccc4c3)cccc2[CH]1[Zr]([Cl])([Cl])[SiH](C)C. The summed E-state index contributed by atoms with van der Waals surface area (Å²) >= 11 is -3.15. The molecule has 0 N–H and O–H groups in total. The molecule has 0 aliphatic heterocycles. The third kappa shape index (κ3) is 3.10. The van der Waals surface area contributed by atoms with Crippen LogP contribution in [0.4, 0.5) is 0 Å². The fraction of sp³-hybridized carbons (Fsp3) is 0.182. The number of hydrogen-bond acceptors (Lipinski definition) is 0. The Kier molecular flexibility index (Phi) is 5.07. The summed E-state index contributed by atoms with van der Waals surface area (Å²) in [4.78, 5) is 0. The van der Waals surface area contributed by atoms with Crippen molar-refractivity contribution in [2.24, 2.45) is 0 Å². The second-order valence-electron chi connectivity index (χ2n) is 7.52. The van der Waals surface area contributed by atoms with Crippen LogP contribution in [0.5, 0.6) is 0 Å². The van der Waals surface area contributed by atoms with E-state index in [-0.39, 0.29) is 0 Å². The van der Waals surface area contributed by atoms with E-state index < -0.39 is 23.0 Å². The third-order valence-electron chi connectivity index (χ3n) is 5.49. The molecule has 1 aliphatic carbocycles. The summed E-state index contributed by atoms with van der Waals surface area (Å²) < 4.78 is 0.301. The zero-order valence-corrected chi connectivity index (χ0v) is 20.4. The van der Waals surface area contributed by atoms with Crippen LogP contribution in [0.2, 0.25) is 13.1 Å². The standard InChI is InChI=1S/C20H15.C2H7Si.2ClH.Zr/c1-14-11-17-7-4-8-19(20(17)12-14)18-10-9-15-5-2-3-6-16(15)13-18;1-3-2;;;/h2-13H,1H3;3H,1-2H3;2*1H;/q;;;;+2/p-2. The number of benzene rings is 3. The topological polar surface area (TPSA) is 0 Å². The van der Waals surface area contributed by atoms with Gasteiger partial charge in [-0.15, -0.1) is 0 Å². The predicted octanol–water partition coefficient (Wildman–Crippen LogP) is 7.41. The number of rotatable bonds is 3. The van der Waals surface area contributed by atoms with Gasteiger partial charge in [0.15, 0.2) is 0 Å². The van der Waals surface area contributed by atoms with Crippen molar-refractivity contribution in [3.8, 4) is 11.1 Å². The van der Waals surface area contributed by atoms with Crippen molar-refractivity contribution in [3.05, 3.63) is 77.4 Å². The second kappa shape index (κ2) is 7.06. The third-order valence-corrected chi connectivity index (χ3v) is 42.2. The maximum absolute atomic E-state index is 7.07. The van der Waals surface area contributed by atoms with Crippen molar-refractivity contribution in [2.75, 3.05) is 0 Å². The fourth-order valence-electron chi connectivity index (χ4n) is 4.00.